The van der Waals surface area contributed by atoms with E-state index in [0.29, 0.717) is 35.5 Å². The highest BCUT2D eigenvalue weighted by Gasteiger charge is 2.21. The average Bonchev–Trinajstić information content (AvgIpc) is 3.01. The van der Waals surface area contributed by atoms with Crippen molar-refractivity contribution < 1.29 is 19.1 Å². The number of benzene rings is 2. The maximum atomic E-state index is 12.8. The summed E-state index contributed by atoms with van der Waals surface area (Å²) in [5.74, 6) is 1.55. The number of para-hydroxylation sites is 1. The molecule has 0 unspecified atom stereocenters. The van der Waals surface area contributed by atoms with E-state index >= 15 is 0 Å². The van der Waals surface area contributed by atoms with E-state index in [0.717, 1.165) is 37.4 Å². The zero-order valence-electron chi connectivity index (χ0n) is 22.1. The fourth-order valence-corrected chi connectivity index (χ4v) is 4.41. The molecule has 1 amide bonds. The topological polar surface area (TPSA) is 119 Å². The van der Waals surface area contributed by atoms with Crippen molar-refractivity contribution in [1.82, 2.24) is 15.0 Å². The van der Waals surface area contributed by atoms with Crippen molar-refractivity contribution in [2.24, 2.45) is 5.92 Å². The van der Waals surface area contributed by atoms with Crippen LogP contribution in [0.5, 0.6) is 5.75 Å². The number of carbonyl (C=O) groups excluding carboxylic acids is 2. The molecule has 0 radical (unpaired) electrons. The predicted octanol–water partition coefficient (Wildman–Crippen LogP) is 4.95. The molecule has 10 nitrogen and oxygen atoms in total. The number of piperidine rings is 1. The smallest absolute Gasteiger partial charge is 0.337 e. The van der Waals surface area contributed by atoms with Crippen molar-refractivity contribution in [3.8, 4) is 5.75 Å². The number of carbonyl (C=O) groups is 2. The molecule has 5 rings (SSSR count). The summed E-state index contributed by atoms with van der Waals surface area (Å²) in [6, 6.07) is 21.9. The molecular formula is C30H30N6O4. The van der Waals surface area contributed by atoms with Gasteiger partial charge in [0, 0.05) is 25.0 Å². The van der Waals surface area contributed by atoms with E-state index < -0.39 is 0 Å². The van der Waals surface area contributed by atoms with Crippen LogP contribution in [0.1, 0.15) is 33.7 Å². The van der Waals surface area contributed by atoms with Crippen molar-refractivity contribution in [3.63, 3.8) is 0 Å². The van der Waals surface area contributed by atoms with Crippen molar-refractivity contribution in [3.05, 3.63) is 96.4 Å². The molecule has 1 fully saturated rings. The van der Waals surface area contributed by atoms with E-state index in [1.807, 2.05) is 48.5 Å². The normalized spacial score (nSPS) is 13.4. The minimum absolute atomic E-state index is 0.249. The van der Waals surface area contributed by atoms with Crippen LogP contribution in [0.15, 0.2) is 85.2 Å². The summed E-state index contributed by atoms with van der Waals surface area (Å²) < 4.78 is 10.7. The van der Waals surface area contributed by atoms with Crippen LogP contribution < -0.4 is 20.3 Å². The first kappa shape index (κ1) is 26.6. The Morgan fingerprint density at radius 2 is 1.77 bits per heavy atom. The number of pyridine rings is 1. The van der Waals surface area contributed by atoms with Gasteiger partial charge in [-0.05, 0) is 67.3 Å². The number of ether oxygens (including phenoxy) is 2. The van der Waals surface area contributed by atoms with Crippen molar-refractivity contribution in [2.45, 2.75) is 12.8 Å². The number of nitrogens with one attached hydrogen (secondary N) is 2. The molecule has 0 atom stereocenters. The van der Waals surface area contributed by atoms with E-state index in [1.165, 1.54) is 7.11 Å². The molecule has 2 N–H and O–H groups in total. The Bertz CT molecular complexity index is 1440. The second-order valence-corrected chi connectivity index (χ2v) is 9.38. The number of anilines is 4. The largest absolute Gasteiger partial charge is 0.493 e. The van der Waals surface area contributed by atoms with Crippen molar-refractivity contribution >= 4 is 35.0 Å². The van der Waals surface area contributed by atoms with Crippen LogP contribution in [-0.2, 0) is 4.74 Å². The van der Waals surface area contributed by atoms with Crippen LogP contribution in [0.4, 0.5) is 23.1 Å². The standard InChI is InChI=1S/C30H30N6O4/c1-39-29(38)22-6-5-9-25(18-22)40-20-21-13-16-36(17-14-21)27-11-10-24(19-32-27)33-28(37)26-12-15-31-30(35-26)34-23-7-3-2-4-8-23/h2-12,15,18-19,21H,13-14,16-17,20H2,1H3,(H,33,37)(H,31,34,35). The minimum atomic E-state index is -0.379. The average molecular weight is 539 g/mol. The van der Waals surface area contributed by atoms with Crippen molar-refractivity contribution in [1.29, 1.82) is 0 Å². The van der Waals surface area contributed by atoms with Gasteiger partial charge in [-0.3, -0.25) is 4.79 Å². The highest BCUT2D eigenvalue weighted by molar-refractivity contribution is 6.03. The highest BCUT2D eigenvalue weighted by atomic mass is 16.5. The molecule has 40 heavy (non-hydrogen) atoms. The lowest BCUT2D eigenvalue weighted by molar-refractivity contribution is 0.0600. The summed E-state index contributed by atoms with van der Waals surface area (Å²) in [4.78, 5) is 39.8. The van der Waals surface area contributed by atoms with Crippen LogP contribution >= 0.6 is 0 Å². The molecule has 204 valence electrons. The number of esters is 1. The first-order valence-corrected chi connectivity index (χ1v) is 13.1. The van der Waals surface area contributed by atoms with E-state index in [2.05, 4.69) is 30.5 Å². The second kappa shape index (κ2) is 12.7. The van der Waals surface area contributed by atoms with Crippen LogP contribution in [-0.4, -0.2) is 53.6 Å². The van der Waals surface area contributed by atoms with E-state index in [-0.39, 0.29) is 17.6 Å². The van der Waals surface area contributed by atoms with Gasteiger partial charge in [0.2, 0.25) is 5.95 Å². The third-order valence-corrected chi connectivity index (χ3v) is 6.60. The first-order chi connectivity index (χ1) is 19.6. The Morgan fingerprint density at radius 1 is 0.950 bits per heavy atom. The second-order valence-electron chi connectivity index (χ2n) is 9.38. The molecule has 2 aromatic heterocycles. The van der Waals surface area contributed by atoms with E-state index in [9.17, 15) is 9.59 Å². The van der Waals surface area contributed by atoms with Gasteiger partial charge in [-0.1, -0.05) is 24.3 Å². The zero-order valence-corrected chi connectivity index (χ0v) is 22.1. The molecule has 0 saturated carbocycles. The summed E-state index contributed by atoms with van der Waals surface area (Å²) in [7, 11) is 1.36. The summed E-state index contributed by atoms with van der Waals surface area (Å²) in [5.41, 5.74) is 2.14. The lowest BCUT2D eigenvalue weighted by Crippen LogP contribution is -2.36. The number of aromatic nitrogens is 3. The Hall–Kier alpha value is -4.99. The van der Waals surface area contributed by atoms with Gasteiger partial charge < -0.3 is 25.0 Å². The summed E-state index contributed by atoms with van der Waals surface area (Å²) >= 11 is 0. The molecule has 0 bridgehead atoms. The molecule has 0 aliphatic carbocycles. The molecule has 0 spiro atoms. The van der Waals surface area contributed by atoms with Gasteiger partial charge in [0.25, 0.3) is 5.91 Å². The molecule has 1 saturated heterocycles. The first-order valence-electron chi connectivity index (χ1n) is 13.1. The molecule has 1 aliphatic rings. The van der Waals surface area contributed by atoms with Crippen molar-refractivity contribution in [2.75, 3.05) is 42.3 Å². The van der Waals surface area contributed by atoms with Gasteiger partial charge in [0.15, 0.2) is 0 Å². The molecule has 10 heteroatoms. The Morgan fingerprint density at radius 3 is 2.52 bits per heavy atom. The quantitative estimate of drug-likeness (QED) is 0.285. The number of methoxy groups -OCH3 is 1. The highest BCUT2D eigenvalue weighted by Crippen LogP contribution is 2.24. The maximum absolute atomic E-state index is 12.8. The molecular weight excluding hydrogens is 508 g/mol. The zero-order chi connectivity index (χ0) is 27.7. The third kappa shape index (κ3) is 6.90. The Kier molecular flexibility index (Phi) is 8.45. The third-order valence-electron chi connectivity index (χ3n) is 6.60. The summed E-state index contributed by atoms with van der Waals surface area (Å²) in [6.45, 7) is 2.29. The van der Waals surface area contributed by atoms with Gasteiger partial charge in [-0.2, -0.15) is 0 Å². The van der Waals surface area contributed by atoms with Gasteiger partial charge in [0.1, 0.15) is 17.3 Å². The molecule has 3 heterocycles. The Balaban J connectivity index is 1.10. The monoisotopic (exact) mass is 538 g/mol. The van der Waals surface area contributed by atoms with Crippen LogP contribution in [0.2, 0.25) is 0 Å². The minimum Gasteiger partial charge on any atom is -0.493 e. The fourth-order valence-electron chi connectivity index (χ4n) is 4.41. The summed E-state index contributed by atoms with van der Waals surface area (Å²) in [6.07, 6.45) is 5.12. The number of amides is 1. The number of hydrogen-bond acceptors (Lipinski definition) is 9. The number of nitrogens with zero attached hydrogens (tertiary/aromatic N) is 4. The maximum Gasteiger partial charge on any atom is 0.337 e. The van der Waals surface area contributed by atoms with Gasteiger partial charge in [-0.15, -0.1) is 0 Å². The molecule has 1 aliphatic heterocycles. The van der Waals surface area contributed by atoms with E-state index in [1.54, 1.807) is 36.7 Å². The number of rotatable bonds is 9. The van der Waals surface area contributed by atoms with Gasteiger partial charge in [-0.25, -0.2) is 19.7 Å². The predicted molar refractivity (Wildman–Crippen MR) is 152 cm³/mol. The van der Waals surface area contributed by atoms with Crippen LogP contribution in [0.3, 0.4) is 0 Å². The molecule has 2 aromatic carbocycles. The van der Waals surface area contributed by atoms with Crippen LogP contribution in [0, 0.1) is 5.92 Å². The fraction of sp³-hybridized carbons (Fsp3) is 0.233. The summed E-state index contributed by atoms with van der Waals surface area (Å²) in [5, 5.41) is 5.94. The Labute approximate surface area is 232 Å². The van der Waals surface area contributed by atoms with E-state index in [4.69, 9.17) is 9.47 Å². The number of hydrogen-bond donors (Lipinski definition) is 2. The molecule has 4 aromatic rings. The van der Waals surface area contributed by atoms with Gasteiger partial charge in [0.05, 0.1) is 31.2 Å². The lowest BCUT2D eigenvalue weighted by Gasteiger charge is -2.32. The van der Waals surface area contributed by atoms with Gasteiger partial charge >= 0.3 is 5.97 Å². The van der Waals surface area contributed by atoms with Crippen LogP contribution in [0.25, 0.3) is 0 Å². The lowest BCUT2D eigenvalue weighted by atomic mass is 9.98. The SMILES string of the molecule is COC(=O)c1cccc(OCC2CCN(c3ccc(NC(=O)c4ccnc(Nc5ccccc5)n4)cn3)CC2)c1.